The Morgan fingerprint density at radius 2 is 2.15 bits per heavy atom. The van der Waals surface area contributed by atoms with Crippen molar-refractivity contribution in [1.82, 2.24) is 20.2 Å². The van der Waals surface area contributed by atoms with E-state index in [2.05, 4.69) is 15.3 Å². The number of hydrogen-bond acceptors (Lipinski definition) is 6. The highest BCUT2D eigenvalue weighted by Gasteiger charge is 2.32. The highest BCUT2D eigenvalue weighted by Crippen LogP contribution is 2.30. The van der Waals surface area contributed by atoms with E-state index in [1.165, 1.54) is 0 Å². The summed E-state index contributed by atoms with van der Waals surface area (Å²) >= 11 is 0. The van der Waals surface area contributed by atoms with Crippen LogP contribution < -0.4 is 10.2 Å². The molecule has 1 fully saturated rings. The average Bonchev–Trinajstić information content (AvgIpc) is 3.10. The summed E-state index contributed by atoms with van der Waals surface area (Å²) in [7, 11) is 5.31. The van der Waals surface area contributed by atoms with Gasteiger partial charge in [-0.3, -0.25) is 9.59 Å². The van der Waals surface area contributed by atoms with Crippen molar-refractivity contribution >= 4 is 17.8 Å². The van der Waals surface area contributed by atoms with Crippen molar-refractivity contribution in [3.05, 3.63) is 17.5 Å². The molecular formula is C18H29N5O3. The number of methoxy groups -OCH3 is 1. The fourth-order valence-electron chi connectivity index (χ4n) is 3.00. The molecule has 2 heterocycles. The molecule has 1 aliphatic heterocycles. The van der Waals surface area contributed by atoms with Gasteiger partial charge in [0.15, 0.2) is 0 Å². The first-order valence-electron chi connectivity index (χ1n) is 8.95. The van der Waals surface area contributed by atoms with Gasteiger partial charge in [0.2, 0.25) is 11.9 Å². The first-order chi connectivity index (χ1) is 12.3. The number of nitrogens with one attached hydrogen (secondary N) is 1. The molecule has 2 rings (SSSR count). The maximum absolute atomic E-state index is 12.6. The van der Waals surface area contributed by atoms with Gasteiger partial charge in [0.25, 0.3) is 5.91 Å². The van der Waals surface area contributed by atoms with Gasteiger partial charge in [-0.05, 0) is 6.42 Å². The molecular weight excluding hydrogens is 334 g/mol. The molecule has 0 radical (unpaired) electrons. The minimum atomic E-state index is -0.212. The zero-order valence-electron chi connectivity index (χ0n) is 16.3. The van der Waals surface area contributed by atoms with Gasteiger partial charge in [0.1, 0.15) is 0 Å². The molecule has 1 N–H and O–H groups in total. The van der Waals surface area contributed by atoms with E-state index in [-0.39, 0.29) is 23.7 Å². The molecule has 0 aliphatic carbocycles. The summed E-state index contributed by atoms with van der Waals surface area (Å²) in [5, 5.41) is 2.83. The second kappa shape index (κ2) is 8.93. The minimum Gasteiger partial charge on any atom is -0.383 e. The molecule has 1 aromatic heterocycles. The molecule has 144 valence electrons. The molecule has 0 saturated carbocycles. The fraction of sp³-hybridized carbons (Fsp3) is 0.667. The van der Waals surface area contributed by atoms with Gasteiger partial charge in [0.05, 0.1) is 17.9 Å². The van der Waals surface area contributed by atoms with Gasteiger partial charge in [-0.2, -0.15) is 0 Å². The highest BCUT2D eigenvalue weighted by atomic mass is 16.5. The molecule has 8 heteroatoms. The third kappa shape index (κ3) is 4.69. The van der Waals surface area contributed by atoms with Crippen molar-refractivity contribution in [2.24, 2.45) is 5.92 Å². The van der Waals surface area contributed by atoms with E-state index in [1.54, 1.807) is 13.3 Å². The predicted octanol–water partition coefficient (Wildman–Crippen LogP) is 0.891. The van der Waals surface area contributed by atoms with Gasteiger partial charge < -0.3 is 19.9 Å². The number of nitrogens with zero attached hydrogens (tertiary/aromatic N) is 4. The Balaban J connectivity index is 2.25. The van der Waals surface area contributed by atoms with Crippen molar-refractivity contribution in [2.75, 3.05) is 52.3 Å². The first kappa shape index (κ1) is 20.1. The molecule has 8 nitrogen and oxygen atoms in total. The van der Waals surface area contributed by atoms with E-state index < -0.39 is 0 Å². The number of carbonyl (C=O) groups is 2. The van der Waals surface area contributed by atoms with Crippen LogP contribution in [0.4, 0.5) is 5.95 Å². The number of amides is 2. The first-order valence-corrected chi connectivity index (χ1v) is 8.95. The quantitative estimate of drug-likeness (QED) is 0.724. The van der Waals surface area contributed by atoms with E-state index in [9.17, 15) is 9.59 Å². The van der Waals surface area contributed by atoms with Crippen molar-refractivity contribution in [2.45, 2.75) is 26.2 Å². The zero-order chi connectivity index (χ0) is 19.3. The van der Waals surface area contributed by atoms with Gasteiger partial charge in [-0.25, -0.2) is 9.97 Å². The maximum atomic E-state index is 12.6. The smallest absolute Gasteiger partial charge is 0.254 e. The van der Waals surface area contributed by atoms with Gasteiger partial charge in [-0.1, -0.05) is 13.8 Å². The number of rotatable bonds is 7. The maximum Gasteiger partial charge on any atom is 0.254 e. The van der Waals surface area contributed by atoms with Crippen LogP contribution in [0.1, 0.15) is 42.2 Å². The Morgan fingerprint density at radius 1 is 1.42 bits per heavy atom. The van der Waals surface area contributed by atoms with Crippen molar-refractivity contribution in [3.63, 3.8) is 0 Å². The van der Waals surface area contributed by atoms with E-state index in [4.69, 9.17) is 4.74 Å². The Labute approximate surface area is 154 Å². The third-order valence-electron chi connectivity index (χ3n) is 4.42. The molecule has 0 bridgehead atoms. The van der Waals surface area contributed by atoms with Crippen LogP contribution in [0.2, 0.25) is 0 Å². The lowest BCUT2D eigenvalue weighted by Gasteiger charge is -2.20. The number of carbonyl (C=O) groups excluding carboxylic acids is 2. The highest BCUT2D eigenvalue weighted by molar-refractivity contribution is 5.95. The van der Waals surface area contributed by atoms with Gasteiger partial charge >= 0.3 is 0 Å². The lowest BCUT2D eigenvalue weighted by Crippen LogP contribution is -2.32. The Morgan fingerprint density at radius 3 is 2.77 bits per heavy atom. The summed E-state index contributed by atoms with van der Waals surface area (Å²) in [6, 6.07) is 0. The van der Waals surface area contributed by atoms with Crippen molar-refractivity contribution in [1.29, 1.82) is 0 Å². The Hall–Kier alpha value is -2.22. The molecule has 0 spiro atoms. The molecule has 0 aromatic carbocycles. The lowest BCUT2D eigenvalue weighted by molar-refractivity contribution is -0.133. The average molecular weight is 363 g/mol. The second-order valence-electron chi connectivity index (χ2n) is 7.04. The largest absolute Gasteiger partial charge is 0.383 e. The zero-order valence-corrected chi connectivity index (χ0v) is 16.3. The number of likely N-dealkylation sites (tertiary alicyclic amines) is 1. The van der Waals surface area contributed by atoms with Crippen molar-refractivity contribution in [3.8, 4) is 0 Å². The van der Waals surface area contributed by atoms with E-state index in [0.717, 1.165) is 6.42 Å². The van der Waals surface area contributed by atoms with Crippen LogP contribution in [0.15, 0.2) is 6.20 Å². The summed E-state index contributed by atoms with van der Waals surface area (Å²) in [5.41, 5.74) is 1.17. The fourth-order valence-corrected chi connectivity index (χ4v) is 3.00. The standard InChI is InChI=1S/C18H29N5O3/c1-12(2)17(25)23-8-6-13(11-23)15-14(16(24)19-7-9-26-5)10-20-18(21-15)22(3)4/h10,12-13H,6-9,11H2,1-5H3,(H,19,24). The summed E-state index contributed by atoms with van der Waals surface area (Å²) in [6.45, 7) is 5.94. The van der Waals surface area contributed by atoms with E-state index in [1.807, 2.05) is 37.7 Å². The normalized spacial score (nSPS) is 16.8. The number of anilines is 1. The van der Waals surface area contributed by atoms with Crippen LogP contribution in [0.5, 0.6) is 0 Å². The predicted molar refractivity (Wildman–Crippen MR) is 99.3 cm³/mol. The van der Waals surface area contributed by atoms with Crippen LogP contribution in [-0.2, 0) is 9.53 Å². The third-order valence-corrected chi connectivity index (χ3v) is 4.42. The molecule has 1 saturated heterocycles. The van der Waals surface area contributed by atoms with E-state index in [0.29, 0.717) is 43.4 Å². The number of hydrogen-bond donors (Lipinski definition) is 1. The molecule has 26 heavy (non-hydrogen) atoms. The van der Waals surface area contributed by atoms with Crippen LogP contribution in [0.3, 0.4) is 0 Å². The molecule has 1 aliphatic rings. The second-order valence-corrected chi connectivity index (χ2v) is 7.04. The SMILES string of the molecule is COCCNC(=O)c1cnc(N(C)C)nc1C1CCN(C(=O)C(C)C)C1. The van der Waals surface area contributed by atoms with Gasteiger partial charge in [-0.15, -0.1) is 0 Å². The lowest BCUT2D eigenvalue weighted by atomic mass is 9.99. The molecule has 1 atom stereocenters. The van der Waals surface area contributed by atoms with Crippen LogP contribution in [-0.4, -0.2) is 74.1 Å². The summed E-state index contributed by atoms with van der Waals surface area (Å²) < 4.78 is 4.97. The van der Waals surface area contributed by atoms with Gasteiger partial charge in [0, 0.05) is 58.9 Å². The topological polar surface area (TPSA) is 87.7 Å². The molecule has 2 amide bonds. The van der Waals surface area contributed by atoms with Crippen LogP contribution in [0, 0.1) is 5.92 Å². The van der Waals surface area contributed by atoms with Crippen LogP contribution in [0.25, 0.3) is 0 Å². The summed E-state index contributed by atoms with van der Waals surface area (Å²) in [5.74, 6) is 0.481. The number of aromatic nitrogens is 2. The summed E-state index contributed by atoms with van der Waals surface area (Å²) in [4.78, 5) is 37.4. The van der Waals surface area contributed by atoms with Crippen molar-refractivity contribution < 1.29 is 14.3 Å². The van der Waals surface area contributed by atoms with Crippen LogP contribution >= 0.6 is 0 Å². The Bertz CT molecular complexity index is 648. The van der Waals surface area contributed by atoms with E-state index >= 15 is 0 Å². The summed E-state index contributed by atoms with van der Waals surface area (Å²) in [6.07, 6.45) is 2.37. The molecule has 1 unspecified atom stereocenters. The minimum absolute atomic E-state index is 0.0302. The molecule has 1 aromatic rings. The monoisotopic (exact) mass is 363 g/mol. The Kier molecular flexibility index (Phi) is 6.90. The number of ether oxygens (including phenoxy) is 1.